The lowest BCUT2D eigenvalue weighted by Gasteiger charge is -2.29. The van der Waals surface area contributed by atoms with Crippen LogP contribution in [0, 0.1) is 5.92 Å². The highest BCUT2D eigenvalue weighted by Gasteiger charge is 2.32. The quantitative estimate of drug-likeness (QED) is 0.132. The highest BCUT2D eigenvalue weighted by atomic mass is 16.2. The van der Waals surface area contributed by atoms with E-state index < -0.39 is 59.6 Å². The summed E-state index contributed by atoms with van der Waals surface area (Å²) in [5, 5.41) is 13.8. The summed E-state index contributed by atoms with van der Waals surface area (Å²) in [6.45, 7) is 0.591. The van der Waals surface area contributed by atoms with E-state index in [2.05, 4.69) is 26.6 Å². The summed E-state index contributed by atoms with van der Waals surface area (Å²) in [5.41, 5.74) is 12.9. The van der Waals surface area contributed by atoms with Crippen molar-refractivity contribution in [1.29, 1.82) is 0 Å². The van der Waals surface area contributed by atoms with Gasteiger partial charge in [-0.3, -0.25) is 33.6 Å². The summed E-state index contributed by atoms with van der Waals surface area (Å²) in [6.07, 6.45) is 9.70. The molecule has 0 aromatic heterocycles. The first-order chi connectivity index (χ1) is 26.5. The SMILES string of the molecule is NCCCCC1NC(=O)C=CC(=O)NC(C(N)=O)CCCCNC(=O)C(Cc2ccc(C(=O)c3ccccc3)cc2)NC(=O)C(CC2CCCCC2)NC1=O. The van der Waals surface area contributed by atoms with E-state index in [4.69, 9.17) is 11.5 Å². The number of benzene rings is 2. The maximum Gasteiger partial charge on any atom is 0.244 e. The fraction of sp³-hybridized carbons (Fsp3) is 0.488. The summed E-state index contributed by atoms with van der Waals surface area (Å²) in [4.78, 5) is 92.4. The third-order valence-corrected chi connectivity index (χ3v) is 10.1. The molecular formula is C41H55N7O7. The molecule has 1 aliphatic carbocycles. The van der Waals surface area contributed by atoms with Crippen LogP contribution in [0.25, 0.3) is 0 Å². The van der Waals surface area contributed by atoms with Gasteiger partial charge in [-0.05, 0) is 63.0 Å². The van der Waals surface area contributed by atoms with Crippen LogP contribution in [0.3, 0.4) is 0 Å². The number of amides is 6. The molecule has 6 amide bonds. The summed E-state index contributed by atoms with van der Waals surface area (Å²) in [6, 6.07) is 11.7. The van der Waals surface area contributed by atoms with Crippen LogP contribution in [0.1, 0.15) is 98.5 Å². The molecule has 14 nitrogen and oxygen atoms in total. The van der Waals surface area contributed by atoms with E-state index in [-0.39, 0.29) is 37.5 Å². The standard InChI is InChI=1S/C41H55N7O7/c42-23-9-7-16-32-40(54)48-34(25-27-11-3-1-4-12-27)41(55)47-33(26-28-17-19-30(20-18-28)37(51)29-13-5-2-6-14-29)39(53)44-24-10-8-15-31(38(43)52)45-35(49)21-22-36(50)46-32/h2,5-6,13-14,17-22,27,31-34H,1,3-4,7-12,15-16,23-26,42H2,(H2,43,52)(H,44,53)(H,45,49)(H,46,50)(H,47,55)(H,48,54). The first-order valence-corrected chi connectivity index (χ1v) is 19.4. The summed E-state index contributed by atoms with van der Waals surface area (Å²) in [7, 11) is 0. The molecule has 1 fully saturated rings. The Morgan fingerprint density at radius 2 is 1.25 bits per heavy atom. The average molecular weight is 758 g/mol. The molecule has 9 N–H and O–H groups in total. The van der Waals surface area contributed by atoms with Crippen molar-refractivity contribution in [3.8, 4) is 0 Å². The summed E-state index contributed by atoms with van der Waals surface area (Å²) in [5.74, 6) is -3.71. The zero-order valence-corrected chi connectivity index (χ0v) is 31.4. The molecule has 0 saturated heterocycles. The molecule has 1 aliphatic heterocycles. The first kappa shape index (κ1) is 42.4. The van der Waals surface area contributed by atoms with Gasteiger partial charge in [-0.2, -0.15) is 0 Å². The Labute approximate surface area is 322 Å². The zero-order valence-electron chi connectivity index (χ0n) is 31.4. The van der Waals surface area contributed by atoms with Crippen molar-refractivity contribution in [3.05, 3.63) is 83.4 Å². The van der Waals surface area contributed by atoms with Gasteiger partial charge < -0.3 is 38.1 Å². The molecule has 0 bridgehead atoms. The molecule has 2 aromatic rings. The Hall–Kier alpha value is -5.37. The second kappa shape index (κ2) is 22.1. The number of hydrogen-bond acceptors (Lipinski definition) is 8. The zero-order chi connectivity index (χ0) is 39.6. The molecule has 296 valence electrons. The van der Waals surface area contributed by atoms with Gasteiger partial charge in [0, 0.05) is 36.2 Å². The molecule has 55 heavy (non-hydrogen) atoms. The number of carbonyl (C=O) groups excluding carboxylic acids is 7. The van der Waals surface area contributed by atoms with E-state index >= 15 is 0 Å². The van der Waals surface area contributed by atoms with Gasteiger partial charge in [0.1, 0.15) is 24.2 Å². The molecule has 2 aromatic carbocycles. The largest absolute Gasteiger partial charge is 0.368 e. The third kappa shape index (κ3) is 14.1. The van der Waals surface area contributed by atoms with Crippen molar-refractivity contribution in [3.63, 3.8) is 0 Å². The predicted octanol–water partition coefficient (Wildman–Crippen LogP) is 1.84. The van der Waals surface area contributed by atoms with Gasteiger partial charge in [0.2, 0.25) is 35.4 Å². The van der Waals surface area contributed by atoms with Gasteiger partial charge in [0.25, 0.3) is 0 Å². The van der Waals surface area contributed by atoms with E-state index in [1.165, 1.54) is 0 Å². The van der Waals surface area contributed by atoms with Gasteiger partial charge in [0.05, 0.1) is 0 Å². The highest BCUT2D eigenvalue weighted by molar-refractivity contribution is 6.09. The Balaban J connectivity index is 1.61. The number of hydrogen-bond donors (Lipinski definition) is 7. The van der Waals surface area contributed by atoms with E-state index in [1.54, 1.807) is 48.5 Å². The van der Waals surface area contributed by atoms with Crippen LogP contribution < -0.4 is 38.1 Å². The van der Waals surface area contributed by atoms with Crippen LogP contribution in [0.5, 0.6) is 0 Å². The van der Waals surface area contributed by atoms with Crippen LogP contribution in [0.4, 0.5) is 0 Å². The van der Waals surface area contributed by atoms with Crippen LogP contribution in [-0.2, 0) is 35.2 Å². The normalized spacial score (nSPS) is 22.7. The maximum atomic E-state index is 14.2. The van der Waals surface area contributed by atoms with Gasteiger partial charge in [0.15, 0.2) is 5.78 Å². The molecule has 2 aliphatic rings. The number of carbonyl (C=O) groups is 7. The Kier molecular flexibility index (Phi) is 17.0. The molecule has 1 saturated carbocycles. The Morgan fingerprint density at radius 1 is 0.636 bits per heavy atom. The minimum absolute atomic E-state index is 0.0986. The van der Waals surface area contributed by atoms with Crippen molar-refractivity contribution in [2.45, 2.75) is 108 Å². The molecule has 1 heterocycles. The lowest BCUT2D eigenvalue weighted by atomic mass is 9.84. The lowest BCUT2D eigenvalue weighted by Crippen LogP contribution is -2.57. The minimum atomic E-state index is -1.05. The number of rotatable bonds is 11. The predicted molar refractivity (Wildman–Crippen MR) is 207 cm³/mol. The molecule has 4 atom stereocenters. The number of unbranched alkanes of at least 4 members (excludes halogenated alkanes) is 1. The lowest BCUT2D eigenvalue weighted by molar-refractivity contribution is -0.133. The second-order valence-electron chi connectivity index (χ2n) is 14.4. The number of nitrogens with one attached hydrogen (secondary N) is 5. The Bertz CT molecular complexity index is 1660. The van der Waals surface area contributed by atoms with Crippen molar-refractivity contribution in [2.75, 3.05) is 13.1 Å². The molecule has 0 radical (unpaired) electrons. The summed E-state index contributed by atoms with van der Waals surface area (Å²) >= 11 is 0. The smallest absolute Gasteiger partial charge is 0.244 e. The van der Waals surface area contributed by atoms with E-state index in [0.717, 1.165) is 44.3 Å². The van der Waals surface area contributed by atoms with E-state index in [9.17, 15) is 33.6 Å². The van der Waals surface area contributed by atoms with Gasteiger partial charge >= 0.3 is 0 Å². The van der Waals surface area contributed by atoms with Crippen molar-refractivity contribution in [1.82, 2.24) is 26.6 Å². The Morgan fingerprint density at radius 3 is 1.93 bits per heavy atom. The van der Waals surface area contributed by atoms with Crippen LogP contribution >= 0.6 is 0 Å². The highest BCUT2D eigenvalue weighted by Crippen LogP contribution is 2.27. The fourth-order valence-electron chi connectivity index (χ4n) is 6.97. The monoisotopic (exact) mass is 757 g/mol. The summed E-state index contributed by atoms with van der Waals surface area (Å²) < 4.78 is 0. The van der Waals surface area contributed by atoms with E-state index in [0.29, 0.717) is 55.3 Å². The molecule has 0 spiro atoms. The topological polar surface area (TPSA) is 232 Å². The molecular weight excluding hydrogens is 702 g/mol. The number of ketones is 1. The van der Waals surface area contributed by atoms with Crippen LogP contribution in [-0.4, -0.2) is 78.5 Å². The van der Waals surface area contributed by atoms with Crippen LogP contribution in [0.2, 0.25) is 0 Å². The van der Waals surface area contributed by atoms with Crippen molar-refractivity contribution in [2.24, 2.45) is 17.4 Å². The number of nitrogens with two attached hydrogens (primary N) is 2. The second-order valence-corrected chi connectivity index (χ2v) is 14.4. The minimum Gasteiger partial charge on any atom is -0.368 e. The van der Waals surface area contributed by atoms with Gasteiger partial charge in [-0.25, -0.2) is 0 Å². The number of primary amides is 1. The van der Waals surface area contributed by atoms with Crippen molar-refractivity contribution < 1.29 is 33.6 Å². The van der Waals surface area contributed by atoms with Crippen LogP contribution in [0.15, 0.2) is 66.7 Å². The third-order valence-electron chi connectivity index (χ3n) is 10.1. The van der Waals surface area contributed by atoms with E-state index in [1.807, 2.05) is 6.07 Å². The first-order valence-electron chi connectivity index (χ1n) is 19.4. The maximum absolute atomic E-state index is 14.2. The average Bonchev–Trinajstić information content (AvgIpc) is 3.18. The molecule has 14 heteroatoms. The molecule has 4 rings (SSSR count). The van der Waals surface area contributed by atoms with Crippen molar-refractivity contribution >= 4 is 41.2 Å². The fourth-order valence-corrected chi connectivity index (χ4v) is 6.97. The van der Waals surface area contributed by atoms with Gasteiger partial charge in [-0.15, -0.1) is 0 Å². The molecule has 4 unspecified atom stereocenters. The van der Waals surface area contributed by atoms with Gasteiger partial charge in [-0.1, -0.05) is 86.7 Å².